The molecule has 0 radical (unpaired) electrons. The number of nitrogens with two attached hydrogens (primary N) is 1. The normalized spacial score (nSPS) is 16.8. The van der Waals surface area contributed by atoms with Crippen molar-refractivity contribution in [2.45, 2.75) is 45.4 Å². The molecule has 0 bridgehead atoms. The number of carbonyl (C=O) groups excluding carboxylic acids is 1. The first-order chi connectivity index (χ1) is 9.08. The first-order valence-corrected chi connectivity index (χ1v) is 7.10. The van der Waals surface area contributed by atoms with E-state index in [1.165, 1.54) is 6.42 Å². The Morgan fingerprint density at radius 3 is 2.63 bits per heavy atom. The number of Topliss-reactive ketones (excluding diaryl/α,β-unsaturated/α-hetero) is 1. The summed E-state index contributed by atoms with van der Waals surface area (Å²) in [7, 11) is 1.60. The minimum Gasteiger partial charge on any atom is -0.496 e. The highest BCUT2D eigenvalue weighted by Crippen LogP contribution is 2.42. The first-order valence-electron chi connectivity index (χ1n) is 7.10. The number of ketones is 1. The predicted octanol–water partition coefficient (Wildman–Crippen LogP) is 3.77. The summed E-state index contributed by atoms with van der Waals surface area (Å²) in [5.74, 6) is 1.31. The van der Waals surface area contributed by atoms with Gasteiger partial charge in [0.15, 0.2) is 5.78 Å². The van der Waals surface area contributed by atoms with Gasteiger partial charge < -0.3 is 10.5 Å². The van der Waals surface area contributed by atoms with Crippen molar-refractivity contribution >= 4 is 11.5 Å². The van der Waals surface area contributed by atoms with Crippen LogP contribution in [0.15, 0.2) is 12.1 Å². The monoisotopic (exact) mass is 261 g/mol. The van der Waals surface area contributed by atoms with Gasteiger partial charge in [0.05, 0.1) is 12.7 Å². The van der Waals surface area contributed by atoms with E-state index < -0.39 is 0 Å². The maximum absolute atomic E-state index is 12.6. The van der Waals surface area contributed by atoms with Crippen molar-refractivity contribution in [2.75, 3.05) is 12.8 Å². The van der Waals surface area contributed by atoms with E-state index in [1.807, 2.05) is 19.9 Å². The summed E-state index contributed by atoms with van der Waals surface area (Å²) in [6.45, 7) is 4.01. The zero-order valence-corrected chi connectivity index (χ0v) is 12.0. The van der Waals surface area contributed by atoms with Gasteiger partial charge in [-0.25, -0.2) is 0 Å². The van der Waals surface area contributed by atoms with Crippen LogP contribution in [0.25, 0.3) is 0 Å². The van der Waals surface area contributed by atoms with Crippen molar-refractivity contribution in [3.05, 3.63) is 23.3 Å². The smallest absolute Gasteiger partial charge is 0.169 e. The molecular formula is C16H23NO2. The average molecular weight is 261 g/mol. The molecule has 1 fully saturated rings. The van der Waals surface area contributed by atoms with E-state index in [-0.39, 0.29) is 11.7 Å². The number of benzene rings is 1. The van der Waals surface area contributed by atoms with Gasteiger partial charge in [-0.1, -0.05) is 20.3 Å². The van der Waals surface area contributed by atoms with Crippen molar-refractivity contribution < 1.29 is 9.53 Å². The van der Waals surface area contributed by atoms with Crippen LogP contribution >= 0.6 is 0 Å². The van der Waals surface area contributed by atoms with E-state index in [9.17, 15) is 4.79 Å². The Morgan fingerprint density at radius 2 is 2.16 bits per heavy atom. The molecule has 2 N–H and O–H groups in total. The third kappa shape index (κ3) is 2.60. The van der Waals surface area contributed by atoms with Gasteiger partial charge in [-0.3, -0.25) is 4.79 Å². The van der Waals surface area contributed by atoms with Gasteiger partial charge in [-0.05, 0) is 36.8 Å². The van der Waals surface area contributed by atoms with Crippen LogP contribution in [0.3, 0.4) is 0 Å². The van der Waals surface area contributed by atoms with Crippen molar-refractivity contribution in [2.24, 2.45) is 5.92 Å². The lowest BCUT2D eigenvalue weighted by Crippen LogP contribution is -2.19. The van der Waals surface area contributed by atoms with Crippen molar-refractivity contribution in [1.29, 1.82) is 0 Å². The molecule has 1 aromatic carbocycles. The molecule has 104 valence electrons. The number of hydrogen-bond acceptors (Lipinski definition) is 3. The van der Waals surface area contributed by atoms with Crippen LogP contribution in [0.2, 0.25) is 0 Å². The highest BCUT2D eigenvalue weighted by Gasteiger charge is 2.29. The van der Waals surface area contributed by atoms with E-state index in [0.29, 0.717) is 17.4 Å². The SMILES string of the molecule is CCC(C)C(=O)c1c(OC)cc(N)cc1C1CCC1. The van der Waals surface area contributed by atoms with Gasteiger partial charge >= 0.3 is 0 Å². The highest BCUT2D eigenvalue weighted by molar-refractivity contribution is 6.02. The molecule has 0 saturated heterocycles. The third-order valence-corrected chi connectivity index (χ3v) is 4.23. The van der Waals surface area contributed by atoms with Crippen LogP contribution in [-0.2, 0) is 0 Å². The second-order valence-corrected chi connectivity index (χ2v) is 5.49. The maximum atomic E-state index is 12.6. The summed E-state index contributed by atoms with van der Waals surface area (Å²) in [5, 5.41) is 0. The van der Waals surface area contributed by atoms with Gasteiger partial charge in [0.2, 0.25) is 0 Å². The Kier molecular flexibility index (Phi) is 4.13. The Morgan fingerprint density at radius 1 is 1.47 bits per heavy atom. The average Bonchev–Trinajstić information content (AvgIpc) is 2.34. The Labute approximate surface area is 115 Å². The summed E-state index contributed by atoms with van der Waals surface area (Å²) in [4.78, 5) is 12.6. The van der Waals surface area contributed by atoms with Crippen molar-refractivity contribution in [3.63, 3.8) is 0 Å². The number of methoxy groups -OCH3 is 1. The largest absolute Gasteiger partial charge is 0.496 e. The lowest BCUT2D eigenvalue weighted by Gasteiger charge is -2.29. The van der Waals surface area contributed by atoms with Crippen LogP contribution in [0, 0.1) is 5.92 Å². The number of hydrogen-bond donors (Lipinski definition) is 1. The second-order valence-electron chi connectivity index (χ2n) is 5.49. The van der Waals surface area contributed by atoms with Crippen LogP contribution in [-0.4, -0.2) is 12.9 Å². The maximum Gasteiger partial charge on any atom is 0.169 e. The molecule has 0 spiro atoms. The molecule has 0 aliphatic heterocycles. The van der Waals surface area contributed by atoms with Gasteiger partial charge in [0.1, 0.15) is 5.75 Å². The van der Waals surface area contributed by atoms with E-state index in [0.717, 1.165) is 30.4 Å². The molecule has 1 aromatic rings. The molecular weight excluding hydrogens is 238 g/mol. The molecule has 0 aromatic heterocycles. The van der Waals surface area contributed by atoms with Crippen molar-refractivity contribution in [3.8, 4) is 5.75 Å². The zero-order valence-electron chi connectivity index (χ0n) is 12.0. The molecule has 0 heterocycles. The number of rotatable bonds is 5. The zero-order chi connectivity index (χ0) is 14.0. The Bertz CT molecular complexity index is 478. The lowest BCUT2D eigenvalue weighted by molar-refractivity contribution is 0.0922. The first kappa shape index (κ1) is 13.9. The summed E-state index contributed by atoms with van der Waals surface area (Å²) >= 11 is 0. The molecule has 1 aliphatic rings. The van der Waals surface area contributed by atoms with Crippen LogP contribution in [0.4, 0.5) is 5.69 Å². The van der Waals surface area contributed by atoms with Crippen LogP contribution < -0.4 is 10.5 Å². The minimum absolute atomic E-state index is 0.0244. The number of ether oxygens (including phenoxy) is 1. The second kappa shape index (κ2) is 5.64. The number of anilines is 1. The van der Waals surface area contributed by atoms with E-state index in [2.05, 4.69) is 0 Å². The standard InChI is InChI=1S/C16H23NO2/c1-4-10(2)16(18)15-13(11-6-5-7-11)8-12(17)9-14(15)19-3/h8-11H,4-7,17H2,1-3H3. The van der Waals surface area contributed by atoms with Gasteiger partial charge in [0, 0.05) is 17.7 Å². The van der Waals surface area contributed by atoms with E-state index in [4.69, 9.17) is 10.5 Å². The molecule has 3 nitrogen and oxygen atoms in total. The molecule has 1 aliphatic carbocycles. The van der Waals surface area contributed by atoms with Crippen molar-refractivity contribution in [1.82, 2.24) is 0 Å². The predicted molar refractivity (Wildman–Crippen MR) is 77.8 cm³/mol. The van der Waals surface area contributed by atoms with Gasteiger partial charge in [0.25, 0.3) is 0 Å². The van der Waals surface area contributed by atoms with Crippen LogP contribution in [0.5, 0.6) is 5.75 Å². The molecule has 1 unspecified atom stereocenters. The van der Waals surface area contributed by atoms with E-state index >= 15 is 0 Å². The Balaban J connectivity index is 2.51. The summed E-state index contributed by atoms with van der Waals surface area (Å²) < 4.78 is 5.40. The van der Waals surface area contributed by atoms with Crippen LogP contribution in [0.1, 0.15) is 61.4 Å². The number of carbonyl (C=O) groups is 1. The lowest BCUT2D eigenvalue weighted by atomic mass is 9.76. The third-order valence-electron chi connectivity index (χ3n) is 4.23. The molecule has 0 amide bonds. The molecule has 3 heteroatoms. The Hall–Kier alpha value is -1.51. The highest BCUT2D eigenvalue weighted by atomic mass is 16.5. The summed E-state index contributed by atoms with van der Waals surface area (Å²) in [6.07, 6.45) is 4.37. The fourth-order valence-electron chi connectivity index (χ4n) is 2.56. The fourth-order valence-corrected chi connectivity index (χ4v) is 2.56. The fraction of sp³-hybridized carbons (Fsp3) is 0.562. The molecule has 19 heavy (non-hydrogen) atoms. The topological polar surface area (TPSA) is 52.3 Å². The molecule has 1 saturated carbocycles. The van der Waals surface area contributed by atoms with Gasteiger partial charge in [-0.15, -0.1) is 0 Å². The summed E-state index contributed by atoms with van der Waals surface area (Å²) in [5.41, 5.74) is 8.47. The molecule has 2 rings (SSSR count). The summed E-state index contributed by atoms with van der Waals surface area (Å²) in [6, 6.07) is 3.72. The van der Waals surface area contributed by atoms with E-state index in [1.54, 1.807) is 13.2 Å². The quantitative estimate of drug-likeness (QED) is 0.648. The molecule has 1 atom stereocenters. The number of nitrogen functional groups attached to an aromatic ring is 1. The van der Waals surface area contributed by atoms with Gasteiger partial charge in [-0.2, -0.15) is 0 Å². The minimum atomic E-state index is 0.0244.